The zero-order chi connectivity index (χ0) is 18.1. The highest BCUT2D eigenvalue weighted by Gasteiger charge is 2.19. The first-order valence-electron chi connectivity index (χ1n) is 8.45. The monoisotopic (exact) mass is 363 g/mol. The standard InChI is InChI=1S/C19H26NO4P/c1-4-5-8-15-23-17-13-11-16(12-14-17)20-25(3,21)24-19-10-7-6-9-18(19)22-2/h6-7,9-14H,4-5,8,15H2,1-3H3,(H,20,21). The van der Waals surface area contributed by atoms with Crippen molar-refractivity contribution in [2.24, 2.45) is 0 Å². The highest BCUT2D eigenvalue weighted by Crippen LogP contribution is 2.46. The van der Waals surface area contributed by atoms with Crippen LogP contribution in [0.4, 0.5) is 5.69 Å². The van der Waals surface area contributed by atoms with Crippen molar-refractivity contribution >= 4 is 13.2 Å². The molecule has 0 aliphatic carbocycles. The Morgan fingerprint density at radius 3 is 2.32 bits per heavy atom. The van der Waals surface area contributed by atoms with Gasteiger partial charge >= 0.3 is 7.52 Å². The van der Waals surface area contributed by atoms with E-state index >= 15 is 0 Å². The normalized spacial score (nSPS) is 12.9. The van der Waals surface area contributed by atoms with Crippen molar-refractivity contribution in [1.82, 2.24) is 0 Å². The van der Waals surface area contributed by atoms with Crippen molar-refractivity contribution < 1.29 is 18.6 Å². The predicted molar refractivity (Wildman–Crippen MR) is 102 cm³/mol. The van der Waals surface area contributed by atoms with Gasteiger partial charge in [0.25, 0.3) is 0 Å². The smallest absolute Gasteiger partial charge is 0.338 e. The van der Waals surface area contributed by atoms with E-state index in [0.29, 0.717) is 23.8 Å². The van der Waals surface area contributed by atoms with Crippen LogP contribution in [-0.2, 0) is 4.57 Å². The third-order valence-corrected chi connectivity index (χ3v) is 4.75. The van der Waals surface area contributed by atoms with Gasteiger partial charge in [0.15, 0.2) is 11.5 Å². The summed E-state index contributed by atoms with van der Waals surface area (Å²) in [5.74, 6) is 1.79. The second-order valence-corrected chi connectivity index (χ2v) is 7.88. The third kappa shape index (κ3) is 6.35. The molecule has 6 heteroatoms. The van der Waals surface area contributed by atoms with Gasteiger partial charge < -0.3 is 19.1 Å². The SMILES string of the molecule is CCCCCOc1ccc(NP(C)(=O)Oc2ccccc2OC)cc1. The molecule has 0 aliphatic heterocycles. The highest BCUT2D eigenvalue weighted by atomic mass is 31.2. The Kier molecular flexibility index (Phi) is 7.20. The molecule has 5 nitrogen and oxygen atoms in total. The number of benzene rings is 2. The first-order valence-corrected chi connectivity index (χ1v) is 10.5. The maximum absolute atomic E-state index is 12.7. The Labute approximate surface area is 149 Å². The topological polar surface area (TPSA) is 56.8 Å². The third-order valence-electron chi connectivity index (χ3n) is 3.54. The molecular weight excluding hydrogens is 337 g/mol. The van der Waals surface area contributed by atoms with Crippen LogP contribution in [0.5, 0.6) is 17.2 Å². The van der Waals surface area contributed by atoms with Gasteiger partial charge in [0.2, 0.25) is 0 Å². The Bertz CT molecular complexity index is 703. The quantitative estimate of drug-likeness (QED) is 0.441. The number of hydrogen-bond donors (Lipinski definition) is 1. The molecule has 0 heterocycles. The molecule has 25 heavy (non-hydrogen) atoms. The number of rotatable bonds is 10. The summed E-state index contributed by atoms with van der Waals surface area (Å²) in [5.41, 5.74) is 0.710. The summed E-state index contributed by atoms with van der Waals surface area (Å²) < 4.78 is 29.3. The molecule has 1 unspecified atom stereocenters. The zero-order valence-electron chi connectivity index (χ0n) is 15.0. The van der Waals surface area contributed by atoms with Crippen LogP contribution in [-0.4, -0.2) is 20.4 Å². The molecule has 0 spiro atoms. The van der Waals surface area contributed by atoms with E-state index in [9.17, 15) is 4.57 Å². The van der Waals surface area contributed by atoms with E-state index in [4.69, 9.17) is 14.0 Å². The number of methoxy groups -OCH3 is 1. The summed E-state index contributed by atoms with van der Waals surface area (Å²) in [6, 6.07) is 14.5. The minimum absolute atomic E-state index is 0.444. The molecule has 2 aromatic carbocycles. The lowest BCUT2D eigenvalue weighted by molar-refractivity contribution is 0.306. The molecular formula is C19H26NO4P. The van der Waals surface area contributed by atoms with Crippen molar-refractivity contribution in [2.75, 3.05) is 25.5 Å². The van der Waals surface area contributed by atoms with E-state index in [1.165, 1.54) is 19.5 Å². The molecule has 1 atom stereocenters. The number of nitrogens with one attached hydrogen (secondary N) is 1. The van der Waals surface area contributed by atoms with Gasteiger partial charge in [-0.05, 0) is 42.8 Å². The van der Waals surface area contributed by atoms with Crippen molar-refractivity contribution in [3.63, 3.8) is 0 Å². The Morgan fingerprint density at radius 1 is 1.00 bits per heavy atom. The van der Waals surface area contributed by atoms with Crippen LogP contribution in [0, 0.1) is 0 Å². The lowest BCUT2D eigenvalue weighted by Gasteiger charge is -2.19. The molecule has 0 saturated heterocycles. The summed E-state index contributed by atoms with van der Waals surface area (Å²) in [4.78, 5) is 0. The van der Waals surface area contributed by atoms with Gasteiger partial charge in [0, 0.05) is 12.4 Å². The van der Waals surface area contributed by atoms with Crippen LogP contribution in [0.3, 0.4) is 0 Å². The van der Waals surface area contributed by atoms with Crippen LogP contribution in [0.15, 0.2) is 48.5 Å². The average molecular weight is 363 g/mol. The fraction of sp³-hybridized carbons (Fsp3) is 0.368. The Hall–Kier alpha value is -2.13. The van der Waals surface area contributed by atoms with Gasteiger partial charge in [-0.3, -0.25) is 4.57 Å². The van der Waals surface area contributed by atoms with Gasteiger partial charge in [0.05, 0.1) is 13.7 Å². The van der Waals surface area contributed by atoms with Gasteiger partial charge in [-0.2, -0.15) is 0 Å². The van der Waals surface area contributed by atoms with E-state index in [-0.39, 0.29) is 0 Å². The fourth-order valence-electron chi connectivity index (χ4n) is 2.31. The molecule has 136 valence electrons. The highest BCUT2D eigenvalue weighted by molar-refractivity contribution is 7.60. The molecule has 2 rings (SSSR count). The van der Waals surface area contributed by atoms with Crippen molar-refractivity contribution in [3.8, 4) is 17.2 Å². The van der Waals surface area contributed by atoms with Gasteiger partial charge in [-0.25, -0.2) is 0 Å². The number of anilines is 1. The van der Waals surface area contributed by atoms with Crippen LogP contribution in [0.25, 0.3) is 0 Å². The van der Waals surface area contributed by atoms with Gasteiger partial charge in [-0.15, -0.1) is 0 Å². The molecule has 0 aliphatic rings. The van der Waals surface area contributed by atoms with Crippen molar-refractivity contribution in [1.29, 1.82) is 0 Å². The molecule has 0 amide bonds. The second kappa shape index (κ2) is 9.38. The molecule has 2 aromatic rings. The Balaban J connectivity index is 1.94. The van der Waals surface area contributed by atoms with E-state index < -0.39 is 7.52 Å². The van der Waals surface area contributed by atoms with Gasteiger partial charge in [0.1, 0.15) is 5.75 Å². The molecule has 0 bridgehead atoms. The van der Waals surface area contributed by atoms with Gasteiger partial charge in [-0.1, -0.05) is 31.9 Å². The minimum atomic E-state index is -3.09. The summed E-state index contributed by atoms with van der Waals surface area (Å²) >= 11 is 0. The summed E-state index contributed by atoms with van der Waals surface area (Å²) in [6.07, 6.45) is 3.39. The molecule has 0 fully saturated rings. The van der Waals surface area contributed by atoms with Crippen molar-refractivity contribution in [3.05, 3.63) is 48.5 Å². The summed E-state index contributed by atoms with van der Waals surface area (Å²) in [5, 5.41) is 2.94. The predicted octanol–water partition coefficient (Wildman–Crippen LogP) is 5.58. The largest absolute Gasteiger partial charge is 0.494 e. The van der Waals surface area contributed by atoms with Crippen LogP contribution < -0.4 is 19.1 Å². The maximum Gasteiger partial charge on any atom is 0.338 e. The van der Waals surface area contributed by atoms with Crippen molar-refractivity contribution in [2.45, 2.75) is 26.2 Å². The van der Waals surface area contributed by atoms with Crippen LogP contribution in [0.2, 0.25) is 0 Å². The van der Waals surface area contributed by atoms with E-state index in [1.54, 1.807) is 19.2 Å². The van der Waals surface area contributed by atoms with E-state index in [1.807, 2.05) is 36.4 Å². The minimum Gasteiger partial charge on any atom is -0.494 e. The van der Waals surface area contributed by atoms with Crippen LogP contribution in [0.1, 0.15) is 26.2 Å². The number of ether oxygens (including phenoxy) is 2. The molecule has 0 radical (unpaired) electrons. The second-order valence-electron chi connectivity index (χ2n) is 5.78. The molecule has 0 saturated carbocycles. The lowest BCUT2D eigenvalue weighted by atomic mass is 10.2. The van der Waals surface area contributed by atoms with E-state index in [2.05, 4.69) is 12.0 Å². The maximum atomic E-state index is 12.7. The average Bonchev–Trinajstić information content (AvgIpc) is 2.60. The summed E-state index contributed by atoms with van der Waals surface area (Å²) in [7, 11) is -1.54. The number of para-hydroxylation sites is 2. The number of unbranched alkanes of at least 4 members (excludes halogenated alkanes) is 2. The molecule has 1 N–H and O–H groups in total. The summed E-state index contributed by atoms with van der Waals surface area (Å²) in [6.45, 7) is 4.41. The van der Waals surface area contributed by atoms with E-state index in [0.717, 1.165) is 12.2 Å². The number of hydrogen-bond acceptors (Lipinski definition) is 4. The lowest BCUT2D eigenvalue weighted by Crippen LogP contribution is -2.03. The molecule has 0 aromatic heterocycles. The first kappa shape index (κ1) is 19.2. The zero-order valence-corrected chi connectivity index (χ0v) is 15.9. The Morgan fingerprint density at radius 2 is 1.68 bits per heavy atom. The van der Waals surface area contributed by atoms with Crippen LogP contribution >= 0.6 is 7.52 Å². The first-order chi connectivity index (χ1) is 12.0. The fourth-order valence-corrected chi connectivity index (χ4v) is 3.50.